The highest BCUT2D eigenvalue weighted by molar-refractivity contribution is 6.35. The minimum atomic E-state index is -0.623. The molecule has 0 spiro atoms. The standard InChI is InChI=1S/C17H11ClN2O4/c1-10-9-11(4-6-14(10)20(22)23)17(21)24-15-7-5-13(18)12-3-2-8-19-16(12)15/h2-9H,1H3. The molecular weight excluding hydrogens is 332 g/mol. The Labute approximate surface area is 141 Å². The predicted octanol–water partition coefficient (Wildman–Crippen LogP) is 4.32. The van der Waals surface area contributed by atoms with Crippen LogP contribution in [0.3, 0.4) is 0 Å². The van der Waals surface area contributed by atoms with E-state index < -0.39 is 10.9 Å². The number of aromatic nitrogens is 1. The van der Waals surface area contributed by atoms with Gasteiger partial charge in [-0.15, -0.1) is 0 Å². The molecule has 1 aromatic heterocycles. The Hall–Kier alpha value is -2.99. The molecule has 0 saturated carbocycles. The van der Waals surface area contributed by atoms with Gasteiger partial charge in [0.05, 0.1) is 15.5 Å². The fraction of sp³-hybridized carbons (Fsp3) is 0.0588. The number of pyridine rings is 1. The summed E-state index contributed by atoms with van der Waals surface area (Å²) >= 11 is 6.11. The molecule has 2 aromatic carbocycles. The van der Waals surface area contributed by atoms with Crippen molar-refractivity contribution >= 4 is 34.2 Å². The zero-order chi connectivity index (χ0) is 17.3. The monoisotopic (exact) mass is 342 g/mol. The first-order valence-corrected chi connectivity index (χ1v) is 7.35. The van der Waals surface area contributed by atoms with E-state index in [0.717, 1.165) is 0 Å². The lowest BCUT2D eigenvalue weighted by Gasteiger charge is -2.08. The topological polar surface area (TPSA) is 82.3 Å². The number of hydrogen-bond acceptors (Lipinski definition) is 5. The summed E-state index contributed by atoms with van der Waals surface area (Å²) in [5.74, 6) is -0.349. The number of fused-ring (bicyclic) bond motifs is 1. The predicted molar refractivity (Wildman–Crippen MR) is 89.5 cm³/mol. The van der Waals surface area contributed by atoms with Crippen LogP contribution in [0.4, 0.5) is 5.69 Å². The van der Waals surface area contributed by atoms with Crippen LogP contribution < -0.4 is 4.74 Å². The van der Waals surface area contributed by atoms with Crippen molar-refractivity contribution in [3.63, 3.8) is 0 Å². The van der Waals surface area contributed by atoms with Crippen LogP contribution in [0.1, 0.15) is 15.9 Å². The van der Waals surface area contributed by atoms with Crippen LogP contribution >= 0.6 is 11.6 Å². The van der Waals surface area contributed by atoms with E-state index in [4.69, 9.17) is 16.3 Å². The Kier molecular flexibility index (Phi) is 4.14. The lowest BCUT2D eigenvalue weighted by atomic mass is 10.1. The van der Waals surface area contributed by atoms with Crippen molar-refractivity contribution in [3.8, 4) is 5.75 Å². The van der Waals surface area contributed by atoms with Crippen LogP contribution in [0.5, 0.6) is 5.75 Å². The average molecular weight is 343 g/mol. The molecule has 0 saturated heterocycles. The molecule has 0 aliphatic rings. The second-order valence-electron chi connectivity index (χ2n) is 5.09. The van der Waals surface area contributed by atoms with Crippen molar-refractivity contribution < 1.29 is 14.5 Å². The van der Waals surface area contributed by atoms with Crippen molar-refractivity contribution in [1.82, 2.24) is 4.98 Å². The van der Waals surface area contributed by atoms with Gasteiger partial charge < -0.3 is 4.74 Å². The van der Waals surface area contributed by atoms with Crippen LogP contribution in [0.15, 0.2) is 48.7 Å². The minimum Gasteiger partial charge on any atom is -0.421 e. The van der Waals surface area contributed by atoms with Gasteiger partial charge in [-0.3, -0.25) is 15.1 Å². The first-order chi connectivity index (χ1) is 11.5. The minimum absolute atomic E-state index is 0.0508. The summed E-state index contributed by atoms with van der Waals surface area (Å²) in [7, 11) is 0. The quantitative estimate of drug-likeness (QED) is 0.306. The average Bonchev–Trinajstić information content (AvgIpc) is 2.57. The number of nitro benzene ring substituents is 1. The number of halogens is 1. The third kappa shape index (κ3) is 2.91. The molecule has 0 N–H and O–H groups in total. The second kappa shape index (κ2) is 6.25. The van der Waals surface area contributed by atoms with Gasteiger partial charge in [0.2, 0.25) is 0 Å². The molecule has 6 nitrogen and oxygen atoms in total. The van der Waals surface area contributed by atoms with E-state index in [1.807, 2.05) is 0 Å². The van der Waals surface area contributed by atoms with E-state index in [9.17, 15) is 14.9 Å². The summed E-state index contributed by atoms with van der Waals surface area (Å²) in [5.41, 5.74) is 1.02. The van der Waals surface area contributed by atoms with E-state index in [0.29, 0.717) is 21.5 Å². The van der Waals surface area contributed by atoms with Gasteiger partial charge in [-0.1, -0.05) is 11.6 Å². The number of benzene rings is 2. The van der Waals surface area contributed by atoms with Crippen molar-refractivity contribution in [3.05, 3.63) is 74.9 Å². The summed E-state index contributed by atoms with van der Waals surface area (Å²) < 4.78 is 5.39. The van der Waals surface area contributed by atoms with Crippen LogP contribution in [0.25, 0.3) is 10.9 Å². The molecule has 24 heavy (non-hydrogen) atoms. The highest BCUT2D eigenvalue weighted by atomic mass is 35.5. The first kappa shape index (κ1) is 15.9. The van der Waals surface area contributed by atoms with Gasteiger partial charge in [-0.25, -0.2) is 4.79 Å². The Morgan fingerprint density at radius 3 is 2.75 bits per heavy atom. The lowest BCUT2D eigenvalue weighted by molar-refractivity contribution is -0.385. The molecule has 0 amide bonds. The number of aryl methyl sites for hydroxylation is 1. The van der Waals surface area contributed by atoms with Crippen LogP contribution in [-0.2, 0) is 0 Å². The van der Waals surface area contributed by atoms with Crippen molar-refractivity contribution in [1.29, 1.82) is 0 Å². The molecule has 7 heteroatoms. The Bertz CT molecular complexity index is 972. The molecule has 120 valence electrons. The Morgan fingerprint density at radius 2 is 2.04 bits per heavy atom. The molecule has 0 unspecified atom stereocenters. The summed E-state index contributed by atoms with van der Waals surface area (Å²) in [5, 5.41) is 12.0. The molecule has 0 bridgehead atoms. The van der Waals surface area contributed by atoms with Gasteiger partial charge >= 0.3 is 5.97 Å². The van der Waals surface area contributed by atoms with Gasteiger partial charge in [0.25, 0.3) is 5.69 Å². The maximum Gasteiger partial charge on any atom is 0.343 e. The number of carbonyl (C=O) groups is 1. The number of rotatable bonds is 3. The zero-order valence-electron chi connectivity index (χ0n) is 12.5. The molecule has 0 fully saturated rings. The maximum absolute atomic E-state index is 12.3. The lowest BCUT2D eigenvalue weighted by Crippen LogP contribution is -2.09. The fourth-order valence-corrected chi connectivity index (χ4v) is 2.56. The maximum atomic E-state index is 12.3. The first-order valence-electron chi connectivity index (χ1n) is 6.98. The molecule has 0 radical (unpaired) electrons. The van der Waals surface area contributed by atoms with Gasteiger partial charge in [-0.05, 0) is 43.3 Å². The zero-order valence-corrected chi connectivity index (χ0v) is 13.3. The van der Waals surface area contributed by atoms with Gasteiger partial charge in [-0.2, -0.15) is 0 Å². The van der Waals surface area contributed by atoms with Gasteiger partial charge in [0.1, 0.15) is 5.52 Å². The molecule has 3 rings (SSSR count). The van der Waals surface area contributed by atoms with E-state index in [1.54, 1.807) is 37.4 Å². The number of nitrogens with zero attached hydrogens (tertiary/aromatic N) is 2. The van der Waals surface area contributed by atoms with Crippen LogP contribution in [0, 0.1) is 17.0 Å². The fourth-order valence-electron chi connectivity index (χ4n) is 2.34. The molecule has 1 heterocycles. The molecule has 0 aliphatic carbocycles. The second-order valence-corrected chi connectivity index (χ2v) is 5.50. The summed E-state index contributed by atoms with van der Waals surface area (Å²) in [6, 6.07) is 10.8. The third-order valence-corrected chi connectivity index (χ3v) is 3.84. The normalized spacial score (nSPS) is 10.6. The van der Waals surface area contributed by atoms with Crippen molar-refractivity contribution in [2.75, 3.05) is 0 Å². The summed E-state index contributed by atoms with van der Waals surface area (Å²) in [4.78, 5) is 26.9. The highest BCUT2D eigenvalue weighted by Gasteiger charge is 2.17. The van der Waals surface area contributed by atoms with Crippen LogP contribution in [-0.4, -0.2) is 15.9 Å². The van der Waals surface area contributed by atoms with Crippen molar-refractivity contribution in [2.24, 2.45) is 0 Å². The van der Waals surface area contributed by atoms with E-state index in [2.05, 4.69) is 4.98 Å². The Morgan fingerprint density at radius 1 is 1.25 bits per heavy atom. The van der Waals surface area contributed by atoms with Gasteiger partial charge in [0.15, 0.2) is 5.75 Å². The van der Waals surface area contributed by atoms with Crippen LogP contribution in [0.2, 0.25) is 5.02 Å². The Balaban J connectivity index is 1.95. The van der Waals surface area contributed by atoms with Gasteiger partial charge in [0, 0.05) is 23.2 Å². The third-order valence-electron chi connectivity index (χ3n) is 3.51. The van der Waals surface area contributed by atoms with Crippen molar-refractivity contribution in [2.45, 2.75) is 6.92 Å². The van der Waals surface area contributed by atoms with E-state index >= 15 is 0 Å². The van der Waals surface area contributed by atoms with E-state index in [-0.39, 0.29) is 17.0 Å². The smallest absolute Gasteiger partial charge is 0.343 e. The molecular formula is C17H11ClN2O4. The number of nitro groups is 1. The van der Waals surface area contributed by atoms with E-state index in [1.165, 1.54) is 18.2 Å². The summed E-state index contributed by atoms with van der Waals surface area (Å²) in [6.07, 6.45) is 1.58. The molecule has 0 atom stereocenters. The number of esters is 1. The molecule has 0 aliphatic heterocycles. The number of hydrogen-bond donors (Lipinski definition) is 0. The molecule has 3 aromatic rings. The number of ether oxygens (including phenoxy) is 1. The SMILES string of the molecule is Cc1cc(C(=O)Oc2ccc(Cl)c3cccnc23)ccc1[N+](=O)[O-]. The summed E-state index contributed by atoms with van der Waals surface area (Å²) in [6.45, 7) is 1.56. The largest absolute Gasteiger partial charge is 0.421 e. The number of carbonyl (C=O) groups excluding carboxylic acids is 1. The highest BCUT2D eigenvalue weighted by Crippen LogP contribution is 2.30.